The largest absolute Gasteiger partial charge is 0.493 e. The first-order valence-electron chi connectivity index (χ1n) is 10.8. The number of carbonyl (C=O) groups is 1. The minimum atomic E-state index is -1.10. The van der Waals surface area contributed by atoms with Crippen LogP contribution in [-0.4, -0.2) is 33.1 Å². The molecule has 0 bridgehead atoms. The second-order valence-electron chi connectivity index (χ2n) is 9.49. The fourth-order valence-electron chi connectivity index (χ4n) is 3.90. The van der Waals surface area contributed by atoms with Crippen molar-refractivity contribution in [2.75, 3.05) is 6.61 Å². The van der Waals surface area contributed by atoms with Gasteiger partial charge in [0, 0.05) is 12.6 Å². The number of carboxylic acids is 1. The molecule has 1 aliphatic rings. The monoisotopic (exact) mass is 414 g/mol. The highest BCUT2D eigenvalue weighted by Crippen LogP contribution is 2.38. The smallest absolute Gasteiger partial charge is 0.339 e. The van der Waals surface area contributed by atoms with E-state index in [-0.39, 0.29) is 0 Å². The van der Waals surface area contributed by atoms with E-state index in [0.717, 1.165) is 60.4 Å². The van der Waals surface area contributed by atoms with Gasteiger partial charge in [-0.3, -0.25) is 4.68 Å². The number of benzene rings is 1. The summed E-state index contributed by atoms with van der Waals surface area (Å²) in [4.78, 5) is 12.2. The van der Waals surface area contributed by atoms with Gasteiger partial charge in [0.05, 0.1) is 23.6 Å². The molecule has 1 aromatic carbocycles. The first-order valence-corrected chi connectivity index (χ1v) is 10.8. The molecule has 1 aromatic heterocycles. The molecule has 3 rings (SSSR count). The molecule has 6 nitrogen and oxygen atoms in total. The van der Waals surface area contributed by atoms with E-state index >= 15 is 0 Å². The summed E-state index contributed by atoms with van der Waals surface area (Å²) in [5.41, 5.74) is 3.92. The van der Waals surface area contributed by atoms with E-state index in [4.69, 9.17) is 14.6 Å². The van der Waals surface area contributed by atoms with Crippen LogP contribution in [-0.2, 0) is 29.4 Å². The van der Waals surface area contributed by atoms with Gasteiger partial charge in [0.15, 0.2) is 6.10 Å². The normalized spacial score (nSPS) is 15.0. The van der Waals surface area contributed by atoms with E-state index in [1.165, 1.54) is 0 Å². The Labute approximate surface area is 179 Å². The molecular formula is C24H34N2O4. The highest BCUT2D eigenvalue weighted by Gasteiger charge is 2.34. The molecule has 0 aliphatic carbocycles. The van der Waals surface area contributed by atoms with Gasteiger partial charge >= 0.3 is 5.97 Å². The van der Waals surface area contributed by atoms with Gasteiger partial charge in [0.2, 0.25) is 0 Å². The molecule has 1 unspecified atom stereocenters. The van der Waals surface area contributed by atoms with Crippen LogP contribution in [0.2, 0.25) is 0 Å². The lowest BCUT2D eigenvalue weighted by Crippen LogP contribution is -2.29. The number of aromatic nitrogens is 2. The van der Waals surface area contributed by atoms with Crippen molar-refractivity contribution in [1.82, 2.24) is 9.78 Å². The zero-order chi connectivity index (χ0) is 22.1. The van der Waals surface area contributed by atoms with Gasteiger partial charge in [0.1, 0.15) is 5.75 Å². The fourth-order valence-corrected chi connectivity index (χ4v) is 3.90. The van der Waals surface area contributed by atoms with E-state index in [1.54, 1.807) is 11.7 Å². The third kappa shape index (κ3) is 5.04. The number of rotatable bonds is 7. The van der Waals surface area contributed by atoms with E-state index in [9.17, 15) is 9.90 Å². The Balaban J connectivity index is 2.16. The Morgan fingerprint density at radius 2 is 2.07 bits per heavy atom. The molecule has 164 valence electrons. The maximum Gasteiger partial charge on any atom is 0.339 e. The van der Waals surface area contributed by atoms with Gasteiger partial charge in [-0.25, -0.2) is 4.79 Å². The zero-order valence-corrected chi connectivity index (χ0v) is 19.0. The van der Waals surface area contributed by atoms with Crippen LogP contribution in [0, 0.1) is 5.92 Å². The average Bonchev–Trinajstić information content (AvgIpc) is 2.99. The topological polar surface area (TPSA) is 73.6 Å². The summed E-state index contributed by atoms with van der Waals surface area (Å²) in [7, 11) is 1.81. The van der Waals surface area contributed by atoms with Crippen molar-refractivity contribution in [1.29, 1.82) is 0 Å². The van der Waals surface area contributed by atoms with Gasteiger partial charge < -0.3 is 14.6 Å². The highest BCUT2D eigenvalue weighted by atomic mass is 16.5. The summed E-state index contributed by atoms with van der Waals surface area (Å²) < 4.78 is 13.5. The van der Waals surface area contributed by atoms with Crippen LogP contribution in [0.15, 0.2) is 18.2 Å². The molecule has 0 saturated heterocycles. The third-order valence-corrected chi connectivity index (χ3v) is 5.26. The van der Waals surface area contributed by atoms with Gasteiger partial charge in [-0.15, -0.1) is 0 Å². The quantitative estimate of drug-likeness (QED) is 0.694. The number of aryl methyl sites for hydroxylation is 3. The number of aliphatic carboxylic acids is 1. The maximum absolute atomic E-state index is 12.2. The lowest BCUT2D eigenvalue weighted by Gasteiger charge is -2.26. The van der Waals surface area contributed by atoms with Crippen LogP contribution >= 0.6 is 0 Å². The predicted molar refractivity (Wildman–Crippen MR) is 117 cm³/mol. The number of hydrogen-bond donors (Lipinski definition) is 1. The third-order valence-electron chi connectivity index (χ3n) is 5.26. The zero-order valence-electron chi connectivity index (χ0n) is 19.0. The lowest BCUT2D eigenvalue weighted by atomic mass is 9.93. The van der Waals surface area contributed by atoms with Gasteiger partial charge in [-0.1, -0.05) is 19.9 Å². The maximum atomic E-state index is 12.2. The molecule has 0 fully saturated rings. The molecule has 1 atom stereocenters. The summed E-state index contributed by atoms with van der Waals surface area (Å²) in [6, 6.07) is 6.14. The lowest BCUT2D eigenvalue weighted by molar-refractivity contribution is -0.161. The standard InChI is InChI=1S/C24H34N2O4/c1-15(2)9-11-18-20(17-10-12-19-16(14-17)8-7-13-29-19)21(26(6)25-18)22(23(27)28)30-24(3,4)5/h10,12,14-15,22H,7-9,11,13H2,1-6H3,(H,27,28). The van der Waals surface area contributed by atoms with Gasteiger partial charge in [-0.2, -0.15) is 5.10 Å². The average molecular weight is 415 g/mol. The minimum Gasteiger partial charge on any atom is -0.493 e. The Kier molecular flexibility index (Phi) is 6.56. The number of carboxylic acid groups (broad SMARTS) is 1. The molecule has 0 amide bonds. The van der Waals surface area contributed by atoms with Crippen LogP contribution < -0.4 is 4.74 Å². The predicted octanol–water partition coefficient (Wildman–Crippen LogP) is 4.94. The Hall–Kier alpha value is -2.34. The van der Waals surface area contributed by atoms with E-state index < -0.39 is 17.7 Å². The van der Waals surface area contributed by atoms with E-state index in [1.807, 2.05) is 32.9 Å². The molecule has 0 radical (unpaired) electrons. The Bertz CT molecular complexity index is 909. The van der Waals surface area contributed by atoms with E-state index in [2.05, 4.69) is 19.9 Å². The summed E-state index contributed by atoms with van der Waals surface area (Å²) in [5.74, 6) is 0.437. The van der Waals surface area contributed by atoms with Crippen LogP contribution in [0.25, 0.3) is 11.1 Å². The molecule has 0 spiro atoms. The second kappa shape index (κ2) is 8.80. The molecule has 1 aliphatic heterocycles. The molecule has 1 N–H and O–H groups in total. The number of hydrogen-bond acceptors (Lipinski definition) is 4. The number of nitrogens with zero attached hydrogens (tertiary/aromatic N) is 2. The Morgan fingerprint density at radius 1 is 1.33 bits per heavy atom. The number of ether oxygens (including phenoxy) is 2. The first kappa shape index (κ1) is 22.3. The molecule has 2 heterocycles. The second-order valence-corrected chi connectivity index (χ2v) is 9.49. The summed E-state index contributed by atoms with van der Waals surface area (Å²) in [6.07, 6.45) is 2.62. The molecule has 2 aromatic rings. The van der Waals surface area contributed by atoms with Crippen molar-refractivity contribution < 1.29 is 19.4 Å². The molecule has 0 saturated carbocycles. The minimum absolute atomic E-state index is 0.529. The van der Waals surface area contributed by atoms with E-state index in [0.29, 0.717) is 11.6 Å². The van der Waals surface area contributed by atoms with Crippen molar-refractivity contribution in [2.24, 2.45) is 13.0 Å². The van der Waals surface area contributed by atoms with Crippen molar-refractivity contribution in [3.05, 3.63) is 35.2 Å². The summed E-state index contributed by atoms with van der Waals surface area (Å²) in [5, 5.41) is 14.8. The Morgan fingerprint density at radius 3 is 2.70 bits per heavy atom. The van der Waals surface area contributed by atoms with Crippen LogP contribution in [0.3, 0.4) is 0 Å². The van der Waals surface area contributed by atoms with Crippen LogP contribution in [0.1, 0.15) is 70.5 Å². The van der Waals surface area contributed by atoms with Gasteiger partial charge in [0.25, 0.3) is 0 Å². The first-order chi connectivity index (χ1) is 14.1. The van der Waals surface area contributed by atoms with Crippen molar-refractivity contribution >= 4 is 5.97 Å². The van der Waals surface area contributed by atoms with Crippen LogP contribution in [0.4, 0.5) is 0 Å². The number of fused-ring (bicyclic) bond motifs is 1. The van der Waals surface area contributed by atoms with Gasteiger partial charge in [-0.05, 0) is 75.6 Å². The van der Waals surface area contributed by atoms with Crippen molar-refractivity contribution in [3.8, 4) is 16.9 Å². The fraction of sp³-hybridized carbons (Fsp3) is 0.583. The SMILES string of the molecule is CC(C)CCc1nn(C)c(C(OC(C)(C)C)C(=O)O)c1-c1ccc2c(c1)CCCO2. The van der Waals surface area contributed by atoms with Crippen LogP contribution in [0.5, 0.6) is 5.75 Å². The molecular weight excluding hydrogens is 380 g/mol. The summed E-state index contributed by atoms with van der Waals surface area (Å²) >= 11 is 0. The summed E-state index contributed by atoms with van der Waals surface area (Å²) in [6.45, 7) is 10.7. The molecule has 30 heavy (non-hydrogen) atoms. The highest BCUT2D eigenvalue weighted by molar-refractivity contribution is 5.80. The van der Waals surface area contributed by atoms with Crippen molar-refractivity contribution in [3.63, 3.8) is 0 Å². The molecule has 6 heteroatoms. The van der Waals surface area contributed by atoms with Crippen molar-refractivity contribution in [2.45, 2.75) is 72.0 Å².